The smallest absolute Gasteiger partial charge is 0.157 e. The van der Waals surface area contributed by atoms with Crippen molar-refractivity contribution in [2.75, 3.05) is 31.0 Å². The van der Waals surface area contributed by atoms with Gasteiger partial charge in [0.2, 0.25) is 0 Å². The van der Waals surface area contributed by atoms with E-state index >= 15 is 4.39 Å². The zero-order valence-electron chi connectivity index (χ0n) is 19.5. The Kier molecular flexibility index (Phi) is 6.38. The standard InChI is InChI=1S/C24H24ClFN4O5S/c1-4-24-20(11-33-22(24)18(31)10-34-24)35-19-7-13(25)5-6-16(19)29-23-21-15(26)8-14(30-36(2,3)32)9-17(21)27-12-28-23/h4-9,12,18,20,22,31H,1,10-11H2,2-3H3,(H,27,28,29)/t18-,20-,22-,24?/m1/s1. The van der Waals surface area contributed by atoms with Gasteiger partial charge in [0.05, 0.1) is 35.5 Å². The van der Waals surface area contributed by atoms with Gasteiger partial charge in [-0.2, -0.15) is 4.36 Å². The number of anilines is 2. The quantitative estimate of drug-likeness (QED) is 0.456. The first-order chi connectivity index (χ1) is 17.1. The highest BCUT2D eigenvalue weighted by atomic mass is 35.5. The van der Waals surface area contributed by atoms with Gasteiger partial charge in [-0.1, -0.05) is 24.3 Å². The van der Waals surface area contributed by atoms with Crippen molar-refractivity contribution in [3.05, 3.63) is 60.2 Å². The molecule has 3 aromatic rings. The van der Waals surface area contributed by atoms with Crippen LogP contribution in [0, 0.1) is 5.82 Å². The lowest BCUT2D eigenvalue weighted by molar-refractivity contribution is -0.0298. The zero-order chi connectivity index (χ0) is 25.7. The lowest BCUT2D eigenvalue weighted by Crippen LogP contribution is -2.47. The number of hydrogen-bond donors (Lipinski definition) is 2. The minimum Gasteiger partial charge on any atom is -0.482 e. The normalized spacial score (nSPS) is 25.5. The van der Waals surface area contributed by atoms with Crippen molar-refractivity contribution in [3.8, 4) is 5.75 Å². The minimum absolute atomic E-state index is 0.0999. The molecule has 12 heteroatoms. The van der Waals surface area contributed by atoms with Crippen molar-refractivity contribution in [3.63, 3.8) is 0 Å². The molecule has 0 bridgehead atoms. The minimum atomic E-state index is -2.48. The second kappa shape index (κ2) is 9.24. The SMILES string of the molecule is C=CC12OC[C@@H](O)[C@H]1OC[C@H]2Oc1cc(Cl)ccc1Nc1ncnc2cc(N=S(C)(C)=O)cc(F)c12. The van der Waals surface area contributed by atoms with E-state index < -0.39 is 39.5 Å². The predicted octanol–water partition coefficient (Wildman–Crippen LogP) is 3.99. The fraction of sp³-hybridized carbons (Fsp3) is 0.333. The Morgan fingerprint density at radius 3 is 2.89 bits per heavy atom. The van der Waals surface area contributed by atoms with Crippen molar-refractivity contribution < 1.29 is 27.9 Å². The Hall–Kier alpha value is -2.83. The predicted molar refractivity (Wildman–Crippen MR) is 135 cm³/mol. The molecule has 4 atom stereocenters. The van der Waals surface area contributed by atoms with Crippen molar-refractivity contribution in [1.29, 1.82) is 0 Å². The largest absolute Gasteiger partial charge is 0.482 e. The average Bonchev–Trinajstić information content (AvgIpc) is 3.32. The number of nitrogens with one attached hydrogen (secondary N) is 1. The average molecular weight is 535 g/mol. The third kappa shape index (κ3) is 4.53. The molecule has 5 rings (SSSR count). The van der Waals surface area contributed by atoms with E-state index in [1.165, 1.54) is 24.9 Å². The zero-order valence-corrected chi connectivity index (χ0v) is 21.1. The summed E-state index contributed by atoms with van der Waals surface area (Å²) in [5, 5.41) is 13.9. The van der Waals surface area contributed by atoms with Gasteiger partial charge in [0.25, 0.3) is 0 Å². The fourth-order valence-electron chi connectivity index (χ4n) is 4.48. The Bertz CT molecular complexity index is 1470. The van der Waals surface area contributed by atoms with Gasteiger partial charge in [-0.15, -0.1) is 0 Å². The van der Waals surface area contributed by atoms with Gasteiger partial charge < -0.3 is 24.6 Å². The van der Waals surface area contributed by atoms with E-state index in [4.69, 9.17) is 25.8 Å². The van der Waals surface area contributed by atoms with Crippen molar-refractivity contribution >= 4 is 49.4 Å². The number of hydrogen-bond acceptors (Lipinski definition) is 9. The van der Waals surface area contributed by atoms with E-state index in [-0.39, 0.29) is 35.6 Å². The molecule has 0 spiro atoms. The van der Waals surface area contributed by atoms with E-state index in [9.17, 15) is 9.32 Å². The molecule has 3 heterocycles. The molecule has 1 aromatic heterocycles. The molecule has 2 aromatic carbocycles. The van der Waals surface area contributed by atoms with Gasteiger partial charge in [0.15, 0.2) is 11.7 Å². The first kappa shape index (κ1) is 24.8. The lowest BCUT2D eigenvalue weighted by atomic mass is 9.92. The molecular weight excluding hydrogens is 511 g/mol. The molecule has 0 aliphatic carbocycles. The Balaban J connectivity index is 1.51. The molecule has 0 radical (unpaired) electrons. The van der Waals surface area contributed by atoms with Crippen molar-refractivity contribution in [2.24, 2.45) is 4.36 Å². The molecule has 2 N–H and O–H groups in total. The highest BCUT2D eigenvalue weighted by Crippen LogP contribution is 2.42. The van der Waals surface area contributed by atoms with Crippen LogP contribution in [-0.4, -0.2) is 68.9 Å². The summed E-state index contributed by atoms with van der Waals surface area (Å²) >= 11 is 6.25. The van der Waals surface area contributed by atoms with E-state index in [1.54, 1.807) is 30.3 Å². The Morgan fingerprint density at radius 1 is 1.33 bits per heavy atom. The van der Waals surface area contributed by atoms with Crippen LogP contribution in [0.2, 0.25) is 5.02 Å². The highest BCUT2D eigenvalue weighted by molar-refractivity contribution is 7.92. The maximum absolute atomic E-state index is 15.2. The van der Waals surface area contributed by atoms with Crippen LogP contribution in [0.3, 0.4) is 0 Å². The van der Waals surface area contributed by atoms with Gasteiger partial charge in [-0.05, 0) is 18.2 Å². The number of ether oxygens (including phenoxy) is 3. The maximum atomic E-state index is 15.2. The molecule has 2 aliphatic rings. The van der Waals surface area contributed by atoms with Gasteiger partial charge in [0.1, 0.15) is 35.9 Å². The van der Waals surface area contributed by atoms with Crippen molar-refractivity contribution in [1.82, 2.24) is 9.97 Å². The number of nitrogens with zero attached hydrogens (tertiary/aromatic N) is 3. The van der Waals surface area contributed by atoms with Gasteiger partial charge in [-0.25, -0.2) is 18.6 Å². The van der Waals surface area contributed by atoms with Crippen LogP contribution in [0.4, 0.5) is 21.6 Å². The monoisotopic (exact) mass is 534 g/mol. The summed E-state index contributed by atoms with van der Waals surface area (Å²) in [6, 6.07) is 7.67. The summed E-state index contributed by atoms with van der Waals surface area (Å²) in [7, 11) is -2.48. The lowest BCUT2D eigenvalue weighted by Gasteiger charge is -2.30. The van der Waals surface area contributed by atoms with Gasteiger partial charge >= 0.3 is 0 Å². The third-order valence-corrected chi connectivity index (χ3v) is 6.90. The summed E-state index contributed by atoms with van der Waals surface area (Å²) in [5.41, 5.74) is -0.0557. The van der Waals surface area contributed by atoms with Crippen LogP contribution < -0.4 is 10.1 Å². The molecular formula is C24H24ClFN4O5S. The number of aliphatic hydroxyl groups is 1. The van der Waals surface area contributed by atoms with E-state index in [0.717, 1.165) is 0 Å². The molecule has 0 amide bonds. The molecule has 2 aliphatic heterocycles. The molecule has 190 valence electrons. The third-order valence-electron chi connectivity index (χ3n) is 6.01. The number of aromatic nitrogens is 2. The van der Waals surface area contributed by atoms with Crippen LogP contribution in [0.1, 0.15) is 0 Å². The number of fused-ring (bicyclic) bond motifs is 2. The molecule has 0 saturated carbocycles. The highest BCUT2D eigenvalue weighted by Gasteiger charge is 2.59. The molecule has 2 saturated heterocycles. The summed E-state index contributed by atoms with van der Waals surface area (Å²) in [4.78, 5) is 8.37. The van der Waals surface area contributed by atoms with Crippen LogP contribution in [0.25, 0.3) is 10.9 Å². The van der Waals surface area contributed by atoms with Crippen LogP contribution in [-0.2, 0) is 19.2 Å². The number of halogens is 2. The Morgan fingerprint density at radius 2 is 2.14 bits per heavy atom. The van der Waals surface area contributed by atoms with Crippen LogP contribution in [0.5, 0.6) is 5.75 Å². The van der Waals surface area contributed by atoms with Crippen molar-refractivity contribution in [2.45, 2.75) is 23.9 Å². The molecule has 36 heavy (non-hydrogen) atoms. The van der Waals surface area contributed by atoms with E-state index in [2.05, 4.69) is 26.2 Å². The number of benzene rings is 2. The van der Waals surface area contributed by atoms with Gasteiger partial charge in [0, 0.05) is 39.4 Å². The molecule has 1 unspecified atom stereocenters. The van der Waals surface area contributed by atoms with Gasteiger partial charge in [-0.3, -0.25) is 0 Å². The molecule has 9 nitrogen and oxygen atoms in total. The van der Waals surface area contributed by atoms with E-state index in [1.807, 2.05) is 0 Å². The summed E-state index contributed by atoms with van der Waals surface area (Å²) < 4.78 is 49.2. The Labute approximate surface area is 212 Å². The second-order valence-corrected chi connectivity index (χ2v) is 11.9. The summed E-state index contributed by atoms with van der Waals surface area (Å²) in [5.74, 6) is -0.0876. The first-order valence-corrected chi connectivity index (χ1v) is 13.7. The van der Waals surface area contributed by atoms with E-state index in [0.29, 0.717) is 16.5 Å². The summed E-state index contributed by atoms with van der Waals surface area (Å²) in [6.45, 7) is 4.12. The number of aliphatic hydroxyl groups excluding tert-OH is 1. The van der Waals surface area contributed by atoms with Crippen LogP contribution in [0.15, 0.2) is 53.7 Å². The summed E-state index contributed by atoms with van der Waals surface area (Å²) in [6.07, 6.45) is 3.80. The second-order valence-electron chi connectivity index (χ2n) is 8.88. The first-order valence-electron chi connectivity index (χ1n) is 11.0. The fourth-order valence-corrected chi connectivity index (χ4v) is 5.25. The maximum Gasteiger partial charge on any atom is 0.157 e. The number of rotatable bonds is 6. The van der Waals surface area contributed by atoms with Crippen LogP contribution >= 0.6 is 11.6 Å². The molecule has 2 fully saturated rings. The topological polar surface area (TPSA) is 115 Å².